The molecule has 76 valence electrons. The Bertz CT molecular complexity index is 311. The van der Waals surface area contributed by atoms with Crippen LogP contribution in [0.3, 0.4) is 0 Å². The number of hydrogen-bond acceptors (Lipinski definition) is 1. The third-order valence-electron chi connectivity index (χ3n) is 2.75. The van der Waals surface area contributed by atoms with E-state index in [0.717, 1.165) is 18.4 Å². The average Bonchev–Trinajstić information content (AvgIpc) is 2.20. The number of hydrogen-bond donors (Lipinski definition) is 0. The highest BCUT2D eigenvalue weighted by atomic mass is 16.1. The van der Waals surface area contributed by atoms with Crippen LogP contribution in [-0.2, 0) is 0 Å². The second-order valence-electron chi connectivity index (χ2n) is 3.70. The fraction of sp³-hybridized carbons (Fsp3) is 0.462. The molecule has 0 aliphatic heterocycles. The Morgan fingerprint density at radius 1 is 1.29 bits per heavy atom. The highest BCUT2D eigenvalue weighted by molar-refractivity contribution is 5.94. The van der Waals surface area contributed by atoms with Gasteiger partial charge in [-0.15, -0.1) is 0 Å². The zero-order valence-corrected chi connectivity index (χ0v) is 9.21. The second kappa shape index (κ2) is 4.94. The molecule has 0 aliphatic rings. The molecule has 0 fully saturated rings. The van der Waals surface area contributed by atoms with Gasteiger partial charge in [-0.05, 0) is 37.3 Å². The van der Waals surface area contributed by atoms with E-state index in [1.807, 2.05) is 18.2 Å². The van der Waals surface area contributed by atoms with E-state index in [0.29, 0.717) is 5.92 Å². The van der Waals surface area contributed by atoms with E-state index in [2.05, 4.69) is 19.9 Å². The number of carbonyl (C=O) groups excluding carboxylic acids is 1. The van der Waals surface area contributed by atoms with Crippen LogP contribution in [0.1, 0.15) is 55.5 Å². The van der Waals surface area contributed by atoms with Crippen molar-refractivity contribution < 1.29 is 4.79 Å². The molecule has 0 unspecified atom stereocenters. The third-order valence-corrected chi connectivity index (χ3v) is 2.75. The van der Waals surface area contributed by atoms with Gasteiger partial charge in [-0.3, -0.25) is 4.79 Å². The van der Waals surface area contributed by atoms with Crippen LogP contribution in [0.15, 0.2) is 24.3 Å². The maximum Gasteiger partial charge on any atom is 0.159 e. The van der Waals surface area contributed by atoms with E-state index < -0.39 is 0 Å². The first-order valence-corrected chi connectivity index (χ1v) is 5.29. The highest BCUT2D eigenvalue weighted by Gasteiger charge is 2.08. The van der Waals surface area contributed by atoms with Gasteiger partial charge in [-0.2, -0.15) is 0 Å². The molecule has 0 atom stereocenters. The number of Topliss-reactive ketones (excluding diaryl/α,β-unsaturated/α-hetero) is 1. The lowest BCUT2D eigenvalue weighted by atomic mass is 9.92. The van der Waals surface area contributed by atoms with Crippen LogP contribution >= 0.6 is 0 Å². The maximum atomic E-state index is 11.2. The Hall–Kier alpha value is -1.11. The van der Waals surface area contributed by atoms with Gasteiger partial charge in [0.05, 0.1) is 0 Å². The Labute approximate surface area is 86.1 Å². The summed E-state index contributed by atoms with van der Waals surface area (Å²) in [5.41, 5.74) is 2.12. The monoisotopic (exact) mass is 190 g/mol. The van der Waals surface area contributed by atoms with Gasteiger partial charge in [0, 0.05) is 5.56 Å². The molecule has 0 amide bonds. The quantitative estimate of drug-likeness (QED) is 0.660. The van der Waals surface area contributed by atoms with E-state index >= 15 is 0 Å². The normalized spacial score (nSPS) is 10.6. The Morgan fingerprint density at radius 2 is 1.93 bits per heavy atom. The molecule has 0 saturated heterocycles. The van der Waals surface area contributed by atoms with Crippen molar-refractivity contribution in [3.8, 4) is 0 Å². The molecule has 1 rings (SSSR count). The van der Waals surface area contributed by atoms with Gasteiger partial charge in [0.2, 0.25) is 0 Å². The van der Waals surface area contributed by atoms with E-state index in [1.165, 1.54) is 5.56 Å². The van der Waals surface area contributed by atoms with Crippen LogP contribution in [0.25, 0.3) is 0 Å². The summed E-state index contributed by atoms with van der Waals surface area (Å²) in [5.74, 6) is 0.743. The van der Waals surface area contributed by atoms with Crippen molar-refractivity contribution in [2.75, 3.05) is 0 Å². The SMILES string of the molecule is CCC(CC)c1cccc(C(C)=O)c1. The zero-order valence-electron chi connectivity index (χ0n) is 9.21. The molecule has 0 saturated carbocycles. The fourth-order valence-corrected chi connectivity index (χ4v) is 1.77. The number of benzene rings is 1. The summed E-state index contributed by atoms with van der Waals surface area (Å²) in [4.78, 5) is 11.2. The van der Waals surface area contributed by atoms with Crippen molar-refractivity contribution >= 4 is 5.78 Å². The molecule has 0 aliphatic carbocycles. The first-order valence-electron chi connectivity index (χ1n) is 5.29. The molecular formula is C13H18O. The lowest BCUT2D eigenvalue weighted by Crippen LogP contribution is -1.98. The lowest BCUT2D eigenvalue weighted by Gasteiger charge is -2.13. The molecule has 1 nitrogen and oxygen atoms in total. The van der Waals surface area contributed by atoms with E-state index in [-0.39, 0.29) is 5.78 Å². The summed E-state index contributed by atoms with van der Waals surface area (Å²) in [5, 5.41) is 0. The number of carbonyl (C=O) groups is 1. The molecule has 1 aromatic rings. The molecule has 0 N–H and O–H groups in total. The van der Waals surface area contributed by atoms with Gasteiger partial charge in [0.25, 0.3) is 0 Å². The van der Waals surface area contributed by atoms with Crippen molar-refractivity contribution in [1.82, 2.24) is 0 Å². The van der Waals surface area contributed by atoms with E-state index in [4.69, 9.17) is 0 Å². The van der Waals surface area contributed by atoms with Gasteiger partial charge in [0.1, 0.15) is 0 Å². The van der Waals surface area contributed by atoms with Crippen LogP contribution in [0, 0.1) is 0 Å². The van der Waals surface area contributed by atoms with Gasteiger partial charge >= 0.3 is 0 Å². The summed E-state index contributed by atoms with van der Waals surface area (Å²) in [6, 6.07) is 8.00. The first-order chi connectivity index (χ1) is 6.69. The van der Waals surface area contributed by atoms with Crippen molar-refractivity contribution in [1.29, 1.82) is 0 Å². The van der Waals surface area contributed by atoms with Crippen molar-refractivity contribution in [2.24, 2.45) is 0 Å². The second-order valence-corrected chi connectivity index (χ2v) is 3.70. The van der Waals surface area contributed by atoms with Crippen LogP contribution in [0.4, 0.5) is 0 Å². The van der Waals surface area contributed by atoms with E-state index in [9.17, 15) is 4.79 Å². The minimum atomic E-state index is 0.151. The summed E-state index contributed by atoms with van der Waals surface area (Å²) in [6.45, 7) is 6.00. The average molecular weight is 190 g/mol. The molecule has 0 radical (unpaired) electrons. The van der Waals surface area contributed by atoms with E-state index in [1.54, 1.807) is 6.92 Å². The van der Waals surface area contributed by atoms with Crippen LogP contribution in [-0.4, -0.2) is 5.78 Å². The molecule has 0 heterocycles. The summed E-state index contributed by atoms with van der Waals surface area (Å²) in [7, 11) is 0. The van der Waals surface area contributed by atoms with Gasteiger partial charge in [0.15, 0.2) is 5.78 Å². The lowest BCUT2D eigenvalue weighted by molar-refractivity contribution is 0.101. The summed E-state index contributed by atoms with van der Waals surface area (Å²) in [6.07, 6.45) is 2.27. The topological polar surface area (TPSA) is 17.1 Å². The summed E-state index contributed by atoms with van der Waals surface area (Å²) < 4.78 is 0. The third kappa shape index (κ3) is 2.44. The Balaban J connectivity index is 2.98. The minimum Gasteiger partial charge on any atom is -0.295 e. The van der Waals surface area contributed by atoms with Gasteiger partial charge < -0.3 is 0 Å². The number of rotatable bonds is 4. The Kier molecular flexibility index (Phi) is 3.87. The Morgan fingerprint density at radius 3 is 2.43 bits per heavy atom. The van der Waals surface area contributed by atoms with Crippen LogP contribution < -0.4 is 0 Å². The number of ketones is 1. The van der Waals surface area contributed by atoms with Crippen molar-refractivity contribution in [3.05, 3.63) is 35.4 Å². The predicted octanol–water partition coefficient (Wildman–Crippen LogP) is 3.79. The highest BCUT2D eigenvalue weighted by Crippen LogP contribution is 2.23. The molecule has 1 aromatic carbocycles. The predicted molar refractivity (Wildman–Crippen MR) is 59.8 cm³/mol. The first kappa shape index (κ1) is 11.0. The van der Waals surface area contributed by atoms with Crippen LogP contribution in [0.2, 0.25) is 0 Å². The molecule has 0 aromatic heterocycles. The molecular weight excluding hydrogens is 172 g/mol. The van der Waals surface area contributed by atoms with Gasteiger partial charge in [-0.25, -0.2) is 0 Å². The maximum absolute atomic E-state index is 11.2. The minimum absolute atomic E-state index is 0.151. The smallest absolute Gasteiger partial charge is 0.159 e. The molecule has 0 bridgehead atoms. The zero-order chi connectivity index (χ0) is 10.6. The summed E-state index contributed by atoms with van der Waals surface area (Å²) >= 11 is 0. The van der Waals surface area contributed by atoms with Crippen molar-refractivity contribution in [2.45, 2.75) is 39.5 Å². The van der Waals surface area contributed by atoms with Crippen LogP contribution in [0.5, 0.6) is 0 Å². The largest absolute Gasteiger partial charge is 0.295 e. The molecule has 0 spiro atoms. The molecule has 14 heavy (non-hydrogen) atoms. The van der Waals surface area contributed by atoms with Gasteiger partial charge in [-0.1, -0.05) is 32.0 Å². The van der Waals surface area contributed by atoms with Crippen molar-refractivity contribution in [3.63, 3.8) is 0 Å². The fourth-order valence-electron chi connectivity index (χ4n) is 1.77. The molecule has 1 heteroatoms. The standard InChI is InChI=1S/C13H18O/c1-4-11(5-2)13-8-6-7-12(9-13)10(3)14/h6-9,11H,4-5H2,1-3H3.